The zero-order valence-electron chi connectivity index (χ0n) is 17.8. The molecule has 1 amide bonds. The number of amides is 1. The maximum absolute atomic E-state index is 13.3. The highest BCUT2D eigenvalue weighted by molar-refractivity contribution is 7.99. The van der Waals surface area contributed by atoms with Gasteiger partial charge in [0, 0.05) is 12.2 Å². The topological polar surface area (TPSA) is 69.0 Å². The van der Waals surface area contributed by atoms with Gasteiger partial charge in [-0.1, -0.05) is 29.4 Å². The molecule has 164 valence electrons. The molecule has 0 fully saturated rings. The van der Waals surface area contributed by atoms with Gasteiger partial charge in [0.15, 0.2) is 17.1 Å². The van der Waals surface area contributed by atoms with E-state index < -0.39 is 11.9 Å². The molecule has 0 aliphatic carbocycles. The van der Waals surface area contributed by atoms with E-state index in [9.17, 15) is 9.18 Å². The molecule has 0 radical (unpaired) electrons. The standard InChI is InChI=1S/C22H24ClFN4O2S/c1-5-28-21(15(4)30-19-7-6-16(24)11-18(19)23)26-27-22(28)31-12-20(29)25-17-9-13(2)8-14(3)10-17/h6-11,15H,5,12H2,1-4H3,(H,25,29). The van der Waals surface area contributed by atoms with Crippen molar-refractivity contribution < 1.29 is 13.9 Å². The molecular formula is C22H24ClFN4O2S. The summed E-state index contributed by atoms with van der Waals surface area (Å²) in [5.41, 5.74) is 2.96. The van der Waals surface area contributed by atoms with Crippen molar-refractivity contribution in [3.63, 3.8) is 0 Å². The van der Waals surface area contributed by atoms with Gasteiger partial charge in [-0.15, -0.1) is 10.2 Å². The number of benzene rings is 2. The average Bonchev–Trinajstić information content (AvgIpc) is 3.10. The summed E-state index contributed by atoms with van der Waals surface area (Å²) in [6, 6.07) is 9.88. The first-order valence-corrected chi connectivity index (χ1v) is 11.2. The molecule has 0 saturated heterocycles. The number of hydrogen-bond acceptors (Lipinski definition) is 5. The minimum Gasteiger partial charge on any atom is -0.481 e. The molecule has 0 aliphatic rings. The monoisotopic (exact) mass is 462 g/mol. The molecule has 3 aromatic rings. The fourth-order valence-corrected chi connectivity index (χ4v) is 4.21. The van der Waals surface area contributed by atoms with Crippen LogP contribution in [0.3, 0.4) is 0 Å². The zero-order valence-corrected chi connectivity index (χ0v) is 19.4. The summed E-state index contributed by atoms with van der Waals surface area (Å²) in [6.45, 7) is 8.37. The van der Waals surface area contributed by atoms with Crippen molar-refractivity contribution in [2.45, 2.75) is 45.5 Å². The molecule has 0 saturated carbocycles. The lowest BCUT2D eigenvalue weighted by Gasteiger charge is -2.16. The number of halogens is 2. The van der Waals surface area contributed by atoms with Crippen LogP contribution < -0.4 is 10.1 Å². The summed E-state index contributed by atoms with van der Waals surface area (Å²) >= 11 is 7.36. The summed E-state index contributed by atoms with van der Waals surface area (Å²) in [5, 5.41) is 12.2. The summed E-state index contributed by atoms with van der Waals surface area (Å²) in [6.07, 6.45) is -0.464. The Balaban J connectivity index is 1.65. The minimum absolute atomic E-state index is 0.121. The Bertz CT molecular complexity index is 1070. The van der Waals surface area contributed by atoms with Crippen LogP contribution in [-0.2, 0) is 11.3 Å². The van der Waals surface area contributed by atoms with Crippen molar-refractivity contribution in [1.82, 2.24) is 14.8 Å². The number of anilines is 1. The molecule has 6 nitrogen and oxygen atoms in total. The maximum Gasteiger partial charge on any atom is 0.234 e. The van der Waals surface area contributed by atoms with Crippen LogP contribution >= 0.6 is 23.4 Å². The van der Waals surface area contributed by atoms with Crippen LogP contribution in [0.5, 0.6) is 5.75 Å². The van der Waals surface area contributed by atoms with Gasteiger partial charge in [0.1, 0.15) is 11.6 Å². The molecule has 1 unspecified atom stereocenters. The van der Waals surface area contributed by atoms with E-state index in [1.165, 1.54) is 30.0 Å². The number of nitrogens with zero attached hydrogens (tertiary/aromatic N) is 3. The number of carbonyl (C=O) groups is 1. The van der Waals surface area contributed by atoms with Gasteiger partial charge in [0.05, 0.1) is 10.8 Å². The van der Waals surface area contributed by atoms with Gasteiger partial charge in [-0.3, -0.25) is 4.79 Å². The Labute approximate surface area is 190 Å². The molecule has 3 rings (SSSR count). The summed E-state index contributed by atoms with van der Waals surface area (Å²) in [4.78, 5) is 12.4. The first kappa shape index (κ1) is 23.1. The highest BCUT2D eigenvalue weighted by Gasteiger charge is 2.20. The van der Waals surface area contributed by atoms with Crippen LogP contribution in [0.25, 0.3) is 0 Å². The van der Waals surface area contributed by atoms with E-state index in [2.05, 4.69) is 21.6 Å². The fourth-order valence-electron chi connectivity index (χ4n) is 3.19. The molecule has 31 heavy (non-hydrogen) atoms. The summed E-state index contributed by atoms with van der Waals surface area (Å²) < 4.78 is 21.0. The predicted molar refractivity (Wildman–Crippen MR) is 121 cm³/mol. The van der Waals surface area contributed by atoms with Crippen molar-refractivity contribution in [3.05, 3.63) is 64.2 Å². The van der Waals surface area contributed by atoms with E-state index in [0.29, 0.717) is 23.3 Å². The normalized spacial score (nSPS) is 11.9. The molecule has 2 aromatic carbocycles. The maximum atomic E-state index is 13.3. The zero-order chi connectivity index (χ0) is 22.5. The minimum atomic E-state index is -0.464. The molecule has 9 heteroatoms. The van der Waals surface area contributed by atoms with Gasteiger partial charge >= 0.3 is 0 Å². The second kappa shape index (κ2) is 10.2. The number of hydrogen-bond donors (Lipinski definition) is 1. The Morgan fingerprint density at radius 1 is 1.23 bits per heavy atom. The third-order valence-electron chi connectivity index (χ3n) is 4.46. The first-order valence-electron chi connectivity index (χ1n) is 9.82. The molecule has 1 heterocycles. The largest absolute Gasteiger partial charge is 0.481 e. The van der Waals surface area contributed by atoms with Crippen molar-refractivity contribution in [3.8, 4) is 5.75 Å². The van der Waals surface area contributed by atoms with E-state index in [1.54, 1.807) is 0 Å². The molecule has 1 aromatic heterocycles. The van der Waals surface area contributed by atoms with Crippen LogP contribution in [0.4, 0.5) is 10.1 Å². The molecule has 0 aliphatic heterocycles. The van der Waals surface area contributed by atoms with Crippen LogP contribution in [0.15, 0.2) is 41.6 Å². The van der Waals surface area contributed by atoms with Gasteiger partial charge in [-0.05, 0) is 69.2 Å². The Morgan fingerprint density at radius 3 is 2.58 bits per heavy atom. The van der Waals surface area contributed by atoms with Crippen LogP contribution in [0, 0.1) is 19.7 Å². The number of carbonyl (C=O) groups excluding carboxylic acids is 1. The number of rotatable bonds is 8. The van der Waals surface area contributed by atoms with Gasteiger partial charge < -0.3 is 14.6 Å². The molecule has 0 spiro atoms. The summed E-state index contributed by atoms with van der Waals surface area (Å²) in [7, 11) is 0. The SMILES string of the molecule is CCn1c(SCC(=O)Nc2cc(C)cc(C)c2)nnc1C(C)Oc1ccc(F)cc1Cl. The Morgan fingerprint density at radius 2 is 1.94 bits per heavy atom. The Hall–Kier alpha value is -2.58. The Kier molecular flexibility index (Phi) is 7.56. The van der Waals surface area contributed by atoms with Gasteiger partial charge in [-0.25, -0.2) is 4.39 Å². The van der Waals surface area contributed by atoms with E-state index in [0.717, 1.165) is 16.8 Å². The lowest BCUT2D eigenvalue weighted by atomic mass is 10.1. The smallest absolute Gasteiger partial charge is 0.234 e. The molecule has 1 atom stereocenters. The fraction of sp³-hybridized carbons (Fsp3) is 0.318. The molecular weight excluding hydrogens is 439 g/mol. The van der Waals surface area contributed by atoms with E-state index in [1.807, 2.05) is 44.4 Å². The first-order chi connectivity index (χ1) is 14.8. The number of aryl methyl sites for hydroxylation is 2. The van der Waals surface area contributed by atoms with Crippen LogP contribution in [-0.4, -0.2) is 26.4 Å². The number of aromatic nitrogens is 3. The second-order valence-electron chi connectivity index (χ2n) is 7.13. The highest BCUT2D eigenvalue weighted by atomic mass is 35.5. The van der Waals surface area contributed by atoms with Crippen molar-refractivity contribution in [2.24, 2.45) is 0 Å². The van der Waals surface area contributed by atoms with E-state index in [-0.39, 0.29) is 16.7 Å². The number of ether oxygens (including phenoxy) is 1. The van der Waals surface area contributed by atoms with Gasteiger partial charge in [0.25, 0.3) is 0 Å². The van der Waals surface area contributed by atoms with Gasteiger partial charge in [0.2, 0.25) is 5.91 Å². The van der Waals surface area contributed by atoms with Crippen molar-refractivity contribution in [2.75, 3.05) is 11.1 Å². The van der Waals surface area contributed by atoms with Crippen LogP contribution in [0.1, 0.15) is 36.9 Å². The highest BCUT2D eigenvalue weighted by Crippen LogP contribution is 2.30. The lowest BCUT2D eigenvalue weighted by molar-refractivity contribution is -0.113. The molecule has 0 bridgehead atoms. The number of nitrogens with one attached hydrogen (secondary N) is 1. The van der Waals surface area contributed by atoms with E-state index >= 15 is 0 Å². The average molecular weight is 463 g/mol. The second-order valence-corrected chi connectivity index (χ2v) is 8.48. The number of thioether (sulfide) groups is 1. The predicted octanol–water partition coefficient (Wildman–Crippen LogP) is 5.58. The van der Waals surface area contributed by atoms with Crippen LogP contribution in [0.2, 0.25) is 5.02 Å². The third kappa shape index (κ3) is 5.98. The van der Waals surface area contributed by atoms with Crippen molar-refractivity contribution >= 4 is 35.0 Å². The van der Waals surface area contributed by atoms with Gasteiger partial charge in [-0.2, -0.15) is 0 Å². The summed E-state index contributed by atoms with van der Waals surface area (Å²) in [5.74, 6) is 0.608. The lowest BCUT2D eigenvalue weighted by Crippen LogP contribution is -2.15. The quantitative estimate of drug-likeness (QED) is 0.442. The third-order valence-corrected chi connectivity index (χ3v) is 5.72. The van der Waals surface area contributed by atoms with E-state index in [4.69, 9.17) is 16.3 Å². The molecule has 1 N–H and O–H groups in total. The van der Waals surface area contributed by atoms with Crippen molar-refractivity contribution in [1.29, 1.82) is 0 Å².